The molecule has 1 aliphatic heterocycles. The molecule has 0 spiro atoms. The Morgan fingerprint density at radius 2 is 2.26 bits per heavy atom. The van der Waals surface area contributed by atoms with Gasteiger partial charge in [0.15, 0.2) is 0 Å². The summed E-state index contributed by atoms with van der Waals surface area (Å²) < 4.78 is 7.47. The van der Waals surface area contributed by atoms with Gasteiger partial charge >= 0.3 is 0 Å². The lowest BCUT2D eigenvalue weighted by Gasteiger charge is -2.27. The lowest BCUT2D eigenvalue weighted by atomic mass is 10.0. The summed E-state index contributed by atoms with van der Waals surface area (Å²) in [5, 5.41) is 0. The molecule has 0 amide bonds. The second-order valence-electron chi connectivity index (χ2n) is 5.12. The maximum Gasteiger partial charge on any atom is 0.119 e. The Hall–Kier alpha value is -1.81. The van der Waals surface area contributed by atoms with Crippen LogP contribution < -0.4 is 10.5 Å². The fourth-order valence-corrected chi connectivity index (χ4v) is 2.63. The van der Waals surface area contributed by atoms with E-state index < -0.39 is 0 Å². The van der Waals surface area contributed by atoms with Crippen molar-refractivity contribution in [2.75, 3.05) is 7.11 Å². The Morgan fingerprint density at radius 1 is 1.42 bits per heavy atom. The fourth-order valence-electron chi connectivity index (χ4n) is 2.63. The molecule has 0 bridgehead atoms. The van der Waals surface area contributed by atoms with E-state index in [2.05, 4.69) is 23.8 Å². The Bertz CT molecular complexity index is 591. The molecule has 1 aromatic carbocycles. The minimum absolute atomic E-state index is 0.222. The number of aryl methyl sites for hydroxylation is 1. The van der Waals surface area contributed by atoms with Crippen LogP contribution in [0.4, 0.5) is 0 Å². The van der Waals surface area contributed by atoms with Gasteiger partial charge in [0, 0.05) is 30.3 Å². The predicted octanol–water partition coefficient (Wildman–Crippen LogP) is 2.39. The molecule has 2 atom stereocenters. The molecule has 0 saturated heterocycles. The molecule has 0 fully saturated rings. The minimum Gasteiger partial charge on any atom is -0.497 e. The van der Waals surface area contributed by atoms with Crippen LogP contribution >= 0.6 is 0 Å². The topological polar surface area (TPSA) is 53.1 Å². The summed E-state index contributed by atoms with van der Waals surface area (Å²) in [6, 6.07) is 8.54. The highest BCUT2D eigenvalue weighted by Gasteiger charge is 2.24. The van der Waals surface area contributed by atoms with E-state index in [0.717, 1.165) is 35.7 Å². The van der Waals surface area contributed by atoms with Crippen LogP contribution in [0.25, 0.3) is 11.3 Å². The van der Waals surface area contributed by atoms with Crippen molar-refractivity contribution in [2.45, 2.75) is 31.8 Å². The second kappa shape index (κ2) is 4.70. The Morgan fingerprint density at radius 3 is 3.05 bits per heavy atom. The van der Waals surface area contributed by atoms with Crippen LogP contribution in [0, 0.1) is 0 Å². The van der Waals surface area contributed by atoms with E-state index in [9.17, 15) is 0 Å². The average Bonchev–Trinajstić information content (AvgIpc) is 2.88. The van der Waals surface area contributed by atoms with Crippen LogP contribution in [-0.4, -0.2) is 22.7 Å². The first-order valence-electron chi connectivity index (χ1n) is 6.67. The Balaban J connectivity index is 2.00. The predicted molar refractivity (Wildman–Crippen MR) is 75.2 cm³/mol. The number of methoxy groups -OCH3 is 1. The molecule has 1 aliphatic rings. The van der Waals surface area contributed by atoms with Crippen molar-refractivity contribution < 1.29 is 4.74 Å². The normalized spacial score (nSPS) is 22.1. The molecule has 0 radical (unpaired) electrons. The quantitative estimate of drug-likeness (QED) is 0.898. The summed E-state index contributed by atoms with van der Waals surface area (Å²) in [4.78, 5) is 4.73. The number of nitrogens with zero attached hydrogens (tertiary/aromatic N) is 2. The van der Waals surface area contributed by atoms with Gasteiger partial charge in [0.05, 0.1) is 12.8 Å². The van der Waals surface area contributed by atoms with E-state index in [1.165, 1.54) is 0 Å². The summed E-state index contributed by atoms with van der Waals surface area (Å²) in [6.45, 7) is 2.16. The zero-order valence-corrected chi connectivity index (χ0v) is 11.3. The molecule has 2 aromatic rings. The zero-order chi connectivity index (χ0) is 13.4. The van der Waals surface area contributed by atoms with E-state index in [1.54, 1.807) is 7.11 Å². The monoisotopic (exact) mass is 257 g/mol. The summed E-state index contributed by atoms with van der Waals surface area (Å²) >= 11 is 0. The smallest absolute Gasteiger partial charge is 0.119 e. The number of hydrogen-bond donors (Lipinski definition) is 1. The van der Waals surface area contributed by atoms with Gasteiger partial charge in [0.1, 0.15) is 11.6 Å². The number of nitrogens with two attached hydrogens (primary N) is 1. The number of hydrogen-bond acceptors (Lipinski definition) is 3. The molecule has 2 unspecified atom stereocenters. The van der Waals surface area contributed by atoms with Gasteiger partial charge in [-0.2, -0.15) is 0 Å². The van der Waals surface area contributed by atoms with Crippen LogP contribution in [0.1, 0.15) is 25.2 Å². The third-order valence-corrected chi connectivity index (χ3v) is 3.93. The highest BCUT2D eigenvalue weighted by Crippen LogP contribution is 2.29. The summed E-state index contributed by atoms with van der Waals surface area (Å²) in [5.74, 6) is 1.99. The second-order valence-corrected chi connectivity index (χ2v) is 5.12. The van der Waals surface area contributed by atoms with E-state index in [-0.39, 0.29) is 6.04 Å². The average molecular weight is 257 g/mol. The zero-order valence-electron chi connectivity index (χ0n) is 11.3. The van der Waals surface area contributed by atoms with Crippen LogP contribution in [0.15, 0.2) is 30.5 Å². The van der Waals surface area contributed by atoms with Crippen molar-refractivity contribution in [2.24, 2.45) is 5.73 Å². The van der Waals surface area contributed by atoms with Gasteiger partial charge in [-0.15, -0.1) is 0 Å². The SMILES string of the molecule is COc1cccc(-c2cn3c(n2)CCC(N)C3C)c1. The third kappa shape index (κ3) is 2.12. The minimum atomic E-state index is 0.222. The first-order valence-corrected chi connectivity index (χ1v) is 6.67. The third-order valence-electron chi connectivity index (χ3n) is 3.93. The molecule has 2 heterocycles. The van der Waals surface area contributed by atoms with E-state index in [4.69, 9.17) is 15.5 Å². The molecule has 1 aromatic heterocycles. The molecule has 19 heavy (non-hydrogen) atoms. The summed E-state index contributed by atoms with van der Waals surface area (Å²) in [6.07, 6.45) is 4.07. The van der Waals surface area contributed by atoms with Crippen LogP contribution in [-0.2, 0) is 6.42 Å². The van der Waals surface area contributed by atoms with E-state index in [0.29, 0.717) is 6.04 Å². The maximum atomic E-state index is 6.12. The molecular weight excluding hydrogens is 238 g/mol. The molecule has 100 valence electrons. The molecule has 4 heteroatoms. The van der Waals surface area contributed by atoms with Gasteiger partial charge in [0.25, 0.3) is 0 Å². The van der Waals surface area contributed by atoms with Crippen LogP contribution in [0.5, 0.6) is 5.75 Å². The van der Waals surface area contributed by atoms with Gasteiger partial charge in [-0.25, -0.2) is 4.98 Å². The lowest BCUT2D eigenvalue weighted by molar-refractivity contribution is 0.368. The summed E-state index contributed by atoms with van der Waals surface area (Å²) in [5.41, 5.74) is 8.20. The van der Waals surface area contributed by atoms with Crippen molar-refractivity contribution in [3.63, 3.8) is 0 Å². The molecule has 0 saturated carbocycles. The lowest BCUT2D eigenvalue weighted by Crippen LogP contribution is -2.35. The van der Waals surface area contributed by atoms with Crippen molar-refractivity contribution in [1.82, 2.24) is 9.55 Å². The van der Waals surface area contributed by atoms with Gasteiger partial charge in [-0.05, 0) is 25.5 Å². The fraction of sp³-hybridized carbons (Fsp3) is 0.400. The first-order chi connectivity index (χ1) is 9.19. The van der Waals surface area contributed by atoms with Crippen molar-refractivity contribution >= 4 is 0 Å². The largest absolute Gasteiger partial charge is 0.497 e. The standard InChI is InChI=1S/C15H19N3O/c1-10-13(16)6-7-15-17-14(9-18(10)15)11-4-3-5-12(8-11)19-2/h3-5,8-10,13H,6-7,16H2,1-2H3. The van der Waals surface area contributed by atoms with E-state index >= 15 is 0 Å². The molecule has 2 N–H and O–H groups in total. The molecule has 0 aliphatic carbocycles. The van der Waals surface area contributed by atoms with Crippen LogP contribution in [0.3, 0.4) is 0 Å². The Labute approximate surface area is 113 Å². The Kier molecular flexibility index (Phi) is 3.03. The van der Waals surface area contributed by atoms with Gasteiger partial charge in [-0.3, -0.25) is 0 Å². The number of fused-ring (bicyclic) bond motifs is 1. The number of rotatable bonds is 2. The number of aromatic nitrogens is 2. The molecular formula is C15H19N3O. The molecule has 4 nitrogen and oxygen atoms in total. The molecule has 3 rings (SSSR count). The first kappa shape index (κ1) is 12.2. The van der Waals surface area contributed by atoms with Gasteiger partial charge in [0.2, 0.25) is 0 Å². The number of benzene rings is 1. The highest BCUT2D eigenvalue weighted by molar-refractivity contribution is 5.61. The highest BCUT2D eigenvalue weighted by atomic mass is 16.5. The number of ether oxygens (including phenoxy) is 1. The van der Waals surface area contributed by atoms with Crippen LogP contribution in [0.2, 0.25) is 0 Å². The van der Waals surface area contributed by atoms with Crippen molar-refractivity contribution in [1.29, 1.82) is 0 Å². The van der Waals surface area contributed by atoms with Gasteiger partial charge in [-0.1, -0.05) is 12.1 Å². The van der Waals surface area contributed by atoms with E-state index in [1.807, 2.05) is 18.2 Å². The van der Waals surface area contributed by atoms with Crippen molar-refractivity contribution in [3.05, 3.63) is 36.3 Å². The van der Waals surface area contributed by atoms with Crippen molar-refractivity contribution in [3.8, 4) is 17.0 Å². The summed E-state index contributed by atoms with van der Waals surface area (Å²) in [7, 11) is 1.68. The number of imidazole rings is 1. The van der Waals surface area contributed by atoms with Gasteiger partial charge < -0.3 is 15.0 Å². The maximum absolute atomic E-state index is 6.12.